The number of ether oxygens (including phenoxy) is 2. The summed E-state index contributed by atoms with van der Waals surface area (Å²) in [7, 11) is 3.01. The Kier molecular flexibility index (Phi) is 5.55. The molecule has 0 spiro atoms. The van der Waals surface area contributed by atoms with Gasteiger partial charge >= 0.3 is 5.97 Å². The van der Waals surface area contributed by atoms with Crippen molar-refractivity contribution in [2.24, 2.45) is 11.7 Å². The number of amides is 1. The van der Waals surface area contributed by atoms with E-state index >= 15 is 0 Å². The van der Waals surface area contributed by atoms with Gasteiger partial charge in [-0.1, -0.05) is 6.92 Å². The zero-order valence-electron chi connectivity index (χ0n) is 11.2. The summed E-state index contributed by atoms with van der Waals surface area (Å²) in [5.74, 6) is -0.751. The summed E-state index contributed by atoms with van der Waals surface area (Å²) in [6, 6.07) is 0. The lowest BCUT2D eigenvalue weighted by atomic mass is 10.1. The Bertz CT molecular complexity index is 308. The monoisotopic (exact) mass is 258 g/mol. The van der Waals surface area contributed by atoms with Crippen molar-refractivity contribution in [1.82, 2.24) is 4.90 Å². The Balaban J connectivity index is 2.44. The van der Waals surface area contributed by atoms with Gasteiger partial charge in [-0.05, 0) is 12.8 Å². The number of rotatable bonds is 5. The van der Waals surface area contributed by atoms with Crippen molar-refractivity contribution in [3.63, 3.8) is 0 Å². The van der Waals surface area contributed by atoms with Gasteiger partial charge in [0.2, 0.25) is 0 Å². The van der Waals surface area contributed by atoms with E-state index in [1.807, 2.05) is 0 Å². The van der Waals surface area contributed by atoms with E-state index in [0.717, 1.165) is 6.42 Å². The number of carbonyl (C=O) groups is 2. The molecule has 0 bridgehead atoms. The van der Waals surface area contributed by atoms with Gasteiger partial charge in [0.15, 0.2) is 0 Å². The minimum atomic E-state index is -0.423. The van der Waals surface area contributed by atoms with Crippen LogP contribution in [0.25, 0.3) is 0 Å². The molecular formula is C12H22N2O4. The Morgan fingerprint density at radius 2 is 2.17 bits per heavy atom. The molecule has 1 heterocycles. The van der Waals surface area contributed by atoms with Gasteiger partial charge in [-0.15, -0.1) is 0 Å². The summed E-state index contributed by atoms with van der Waals surface area (Å²) in [4.78, 5) is 24.9. The van der Waals surface area contributed by atoms with Crippen LogP contribution < -0.4 is 5.73 Å². The molecule has 0 radical (unpaired) electrons. The van der Waals surface area contributed by atoms with E-state index in [9.17, 15) is 9.59 Å². The predicted octanol–water partition coefficient (Wildman–Crippen LogP) is -0.240. The lowest BCUT2D eigenvalue weighted by Crippen LogP contribution is -2.40. The van der Waals surface area contributed by atoms with Gasteiger partial charge in [0.05, 0.1) is 19.1 Å². The van der Waals surface area contributed by atoms with Gasteiger partial charge in [0.25, 0.3) is 5.91 Å². The summed E-state index contributed by atoms with van der Waals surface area (Å²) in [5, 5.41) is 0. The molecule has 3 unspecified atom stereocenters. The molecule has 3 atom stereocenters. The quantitative estimate of drug-likeness (QED) is 0.688. The highest BCUT2D eigenvalue weighted by Gasteiger charge is 2.32. The third-order valence-corrected chi connectivity index (χ3v) is 3.17. The third-order valence-electron chi connectivity index (χ3n) is 3.17. The normalized spacial score (nSPS) is 24.7. The molecule has 18 heavy (non-hydrogen) atoms. The Morgan fingerprint density at radius 1 is 1.50 bits per heavy atom. The first kappa shape index (κ1) is 14.9. The number of nitrogens with two attached hydrogens (primary N) is 1. The summed E-state index contributed by atoms with van der Waals surface area (Å²) in [6.07, 6.45) is 1.06. The van der Waals surface area contributed by atoms with Crippen LogP contribution in [0.2, 0.25) is 0 Å². The average molecular weight is 258 g/mol. The predicted molar refractivity (Wildman–Crippen MR) is 65.8 cm³/mol. The minimum Gasteiger partial charge on any atom is -0.469 e. The summed E-state index contributed by atoms with van der Waals surface area (Å²) in [5.41, 5.74) is 5.50. The molecule has 1 saturated heterocycles. The van der Waals surface area contributed by atoms with E-state index in [1.54, 1.807) is 14.0 Å². The maximum atomic E-state index is 12.1. The van der Waals surface area contributed by atoms with E-state index in [1.165, 1.54) is 12.0 Å². The molecule has 0 aromatic rings. The first-order chi connectivity index (χ1) is 8.49. The number of carbonyl (C=O) groups excluding carboxylic acids is 2. The van der Waals surface area contributed by atoms with Crippen molar-refractivity contribution >= 4 is 11.9 Å². The van der Waals surface area contributed by atoms with E-state index in [4.69, 9.17) is 10.5 Å². The van der Waals surface area contributed by atoms with Crippen molar-refractivity contribution in [2.75, 3.05) is 27.2 Å². The topological polar surface area (TPSA) is 81.9 Å². The number of hydrogen-bond acceptors (Lipinski definition) is 5. The number of hydrogen-bond donors (Lipinski definition) is 1. The molecule has 104 valence electrons. The number of likely N-dealkylation sites (N-methyl/N-ethyl adjacent to an activating group) is 1. The average Bonchev–Trinajstić information content (AvgIpc) is 2.85. The molecule has 0 aliphatic carbocycles. The van der Waals surface area contributed by atoms with Gasteiger partial charge in [-0.2, -0.15) is 0 Å². The molecule has 6 nitrogen and oxygen atoms in total. The highest BCUT2D eigenvalue weighted by molar-refractivity contribution is 5.81. The van der Waals surface area contributed by atoms with Gasteiger partial charge in [0.1, 0.15) is 6.10 Å². The van der Waals surface area contributed by atoms with Gasteiger partial charge in [-0.3, -0.25) is 9.59 Å². The summed E-state index contributed by atoms with van der Waals surface area (Å²) >= 11 is 0. The Labute approximate surface area is 107 Å². The minimum absolute atomic E-state index is 0.0228. The molecule has 0 aromatic carbocycles. The van der Waals surface area contributed by atoms with Crippen molar-refractivity contribution < 1.29 is 19.1 Å². The second-order valence-electron chi connectivity index (χ2n) is 4.70. The smallest absolute Gasteiger partial charge is 0.310 e. The molecule has 1 aliphatic rings. The highest BCUT2D eigenvalue weighted by Crippen LogP contribution is 2.20. The Hall–Kier alpha value is -1.14. The maximum absolute atomic E-state index is 12.1. The van der Waals surface area contributed by atoms with Crippen LogP contribution >= 0.6 is 0 Å². The van der Waals surface area contributed by atoms with Gasteiger partial charge < -0.3 is 20.1 Å². The third kappa shape index (κ3) is 3.68. The van der Waals surface area contributed by atoms with Crippen LogP contribution in [0.3, 0.4) is 0 Å². The van der Waals surface area contributed by atoms with Gasteiger partial charge in [-0.25, -0.2) is 0 Å². The molecule has 0 saturated carbocycles. The van der Waals surface area contributed by atoms with Crippen LogP contribution in [-0.2, 0) is 19.1 Å². The standard InChI is InChI=1S/C12H22N2O4/c1-8(12(16)17-3)7-14(2)11(15)10-5-4-9(6-13)18-10/h8-10H,4-7,13H2,1-3H3. The summed E-state index contributed by atoms with van der Waals surface area (Å²) in [6.45, 7) is 2.50. The molecular weight excluding hydrogens is 236 g/mol. The number of methoxy groups -OCH3 is 1. The lowest BCUT2D eigenvalue weighted by molar-refractivity contribution is -0.148. The molecule has 1 aliphatic heterocycles. The molecule has 0 aromatic heterocycles. The van der Waals surface area contributed by atoms with E-state index in [-0.39, 0.29) is 23.9 Å². The molecule has 1 rings (SSSR count). The molecule has 6 heteroatoms. The Morgan fingerprint density at radius 3 is 2.67 bits per heavy atom. The van der Waals surface area contributed by atoms with Crippen LogP contribution in [0.1, 0.15) is 19.8 Å². The van der Waals surface area contributed by atoms with Gasteiger partial charge in [0, 0.05) is 20.1 Å². The second kappa shape index (κ2) is 6.70. The lowest BCUT2D eigenvalue weighted by Gasteiger charge is -2.23. The second-order valence-corrected chi connectivity index (χ2v) is 4.70. The van der Waals surface area contributed by atoms with Crippen LogP contribution in [0.15, 0.2) is 0 Å². The highest BCUT2D eigenvalue weighted by atomic mass is 16.5. The SMILES string of the molecule is COC(=O)C(C)CN(C)C(=O)C1CCC(CN)O1. The van der Waals surface area contributed by atoms with E-state index in [2.05, 4.69) is 4.74 Å². The molecule has 1 amide bonds. The summed E-state index contributed by atoms with van der Waals surface area (Å²) < 4.78 is 10.2. The zero-order valence-corrected chi connectivity index (χ0v) is 11.2. The fourth-order valence-electron chi connectivity index (χ4n) is 2.08. The zero-order chi connectivity index (χ0) is 13.7. The first-order valence-corrected chi connectivity index (χ1v) is 6.18. The number of esters is 1. The van der Waals surface area contributed by atoms with Crippen molar-refractivity contribution in [2.45, 2.75) is 32.0 Å². The van der Waals surface area contributed by atoms with E-state index in [0.29, 0.717) is 19.5 Å². The van der Waals surface area contributed by atoms with Crippen molar-refractivity contribution in [3.05, 3.63) is 0 Å². The largest absolute Gasteiger partial charge is 0.469 e. The van der Waals surface area contributed by atoms with Crippen LogP contribution in [-0.4, -0.2) is 56.2 Å². The van der Waals surface area contributed by atoms with E-state index < -0.39 is 6.10 Å². The first-order valence-electron chi connectivity index (χ1n) is 6.18. The fourth-order valence-corrected chi connectivity index (χ4v) is 2.08. The fraction of sp³-hybridized carbons (Fsp3) is 0.833. The number of nitrogens with zero attached hydrogens (tertiary/aromatic N) is 1. The maximum Gasteiger partial charge on any atom is 0.310 e. The van der Waals surface area contributed by atoms with Crippen LogP contribution in [0, 0.1) is 5.92 Å². The van der Waals surface area contributed by atoms with Crippen LogP contribution in [0.4, 0.5) is 0 Å². The van der Waals surface area contributed by atoms with Crippen molar-refractivity contribution in [3.8, 4) is 0 Å². The molecule has 1 fully saturated rings. The van der Waals surface area contributed by atoms with Crippen molar-refractivity contribution in [1.29, 1.82) is 0 Å². The van der Waals surface area contributed by atoms with Crippen LogP contribution in [0.5, 0.6) is 0 Å². The molecule has 2 N–H and O–H groups in total.